The van der Waals surface area contributed by atoms with Gasteiger partial charge < -0.3 is 5.11 Å². The molecular formula is C15H23NO. The van der Waals surface area contributed by atoms with Gasteiger partial charge >= 0.3 is 0 Å². The number of aromatic hydroxyl groups is 1. The summed E-state index contributed by atoms with van der Waals surface area (Å²) in [5, 5.41) is 10.4. The Morgan fingerprint density at radius 3 is 1.53 bits per heavy atom. The normalized spacial score (nSPS) is 12.9. The predicted octanol–water partition coefficient (Wildman–Crippen LogP) is 3.56. The van der Waals surface area contributed by atoms with Crippen molar-refractivity contribution in [3.63, 3.8) is 0 Å². The third kappa shape index (κ3) is 3.01. The lowest BCUT2D eigenvalue weighted by Crippen LogP contribution is -2.18. The summed E-state index contributed by atoms with van der Waals surface area (Å²) in [5.41, 5.74) is 11.7. The minimum absolute atomic E-state index is 0.00639. The number of phenols is 1. The Kier molecular flexibility index (Phi) is 3.58. The second kappa shape index (κ2) is 4.34. The summed E-state index contributed by atoms with van der Waals surface area (Å²) in [4.78, 5) is 0. The third-order valence-corrected chi connectivity index (χ3v) is 2.97. The van der Waals surface area contributed by atoms with Gasteiger partial charge in [-0.1, -0.05) is 53.7 Å². The van der Waals surface area contributed by atoms with Gasteiger partial charge in [-0.05, 0) is 27.5 Å². The highest BCUT2D eigenvalue weighted by Gasteiger charge is 2.26. The molecule has 1 N–H and O–H groups in total. The van der Waals surface area contributed by atoms with E-state index >= 15 is 0 Å². The molecule has 2 radical (unpaired) electrons. The molecular weight excluding hydrogens is 210 g/mol. The van der Waals surface area contributed by atoms with Crippen molar-refractivity contribution in [3.05, 3.63) is 28.8 Å². The van der Waals surface area contributed by atoms with Crippen LogP contribution in [0.4, 0.5) is 0 Å². The summed E-state index contributed by atoms with van der Waals surface area (Å²) in [7, 11) is 0. The SMILES string of the molecule is CC(C)(C)c1cc(C[N])cc(C(C)(C)C)c1O. The number of phenolic OH excluding ortho intramolecular Hbond substituents is 1. The quantitative estimate of drug-likeness (QED) is 0.792. The van der Waals surface area contributed by atoms with E-state index < -0.39 is 0 Å². The number of hydrogen-bond acceptors (Lipinski definition) is 1. The van der Waals surface area contributed by atoms with E-state index in [1.807, 2.05) is 12.1 Å². The molecule has 17 heavy (non-hydrogen) atoms. The minimum Gasteiger partial charge on any atom is -0.507 e. The van der Waals surface area contributed by atoms with Crippen molar-refractivity contribution in [2.24, 2.45) is 0 Å². The lowest BCUT2D eigenvalue weighted by atomic mass is 9.78. The molecule has 0 spiro atoms. The fourth-order valence-corrected chi connectivity index (χ4v) is 1.93. The van der Waals surface area contributed by atoms with E-state index in [0.717, 1.165) is 16.7 Å². The first-order chi connectivity index (χ1) is 7.57. The van der Waals surface area contributed by atoms with Crippen LogP contribution in [0.5, 0.6) is 5.75 Å². The first-order valence-electron chi connectivity index (χ1n) is 6.05. The maximum absolute atomic E-state index is 10.4. The fourth-order valence-electron chi connectivity index (χ4n) is 1.93. The van der Waals surface area contributed by atoms with Gasteiger partial charge in [0.25, 0.3) is 0 Å². The van der Waals surface area contributed by atoms with Gasteiger partial charge in [0.2, 0.25) is 0 Å². The van der Waals surface area contributed by atoms with E-state index in [0.29, 0.717) is 5.75 Å². The van der Waals surface area contributed by atoms with Crippen LogP contribution in [0.25, 0.3) is 0 Å². The molecule has 0 atom stereocenters. The fraction of sp³-hybridized carbons (Fsp3) is 0.600. The standard InChI is InChI=1S/C15H23NO/c1-14(2,3)11-7-10(9-16)8-12(13(11)17)15(4,5)6/h7-8,17H,9H2,1-6H3. The maximum Gasteiger partial charge on any atom is 0.123 e. The minimum atomic E-state index is -0.130. The molecule has 0 saturated heterocycles. The summed E-state index contributed by atoms with van der Waals surface area (Å²) in [6, 6.07) is 3.79. The molecule has 2 heteroatoms. The highest BCUT2D eigenvalue weighted by molar-refractivity contribution is 5.49. The first-order valence-corrected chi connectivity index (χ1v) is 6.05. The third-order valence-electron chi connectivity index (χ3n) is 2.97. The Labute approximate surface area is 105 Å². The molecule has 0 aliphatic carbocycles. The largest absolute Gasteiger partial charge is 0.507 e. The van der Waals surface area contributed by atoms with Gasteiger partial charge in [0, 0.05) is 0 Å². The number of rotatable bonds is 1. The highest BCUT2D eigenvalue weighted by atomic mass is 16.3. The van der Waals surface area contributed by atoms with Crippen LogP contribution in [0.2, 0.25) is 0 Å². The molecule has 0 aliphatic heterocycles. The van der Waals surface area contributed by atoms with Crippen LogP contribution in [0.15, 0.2) is 12.1 Å². The zero-order chi connectivity index (χ0) is 13.4. The van der Waals surface area contributed by atoms with E-state index in [-0.39, 0.29) is 17.4 Å². The summed E-state index contributed by atoms with van der Waals surface area (Å²) in [5.74, 6) is 0.363. The van der Waals surface area contributed by atoms with E-state index in [2.05, 4.69) is 41.5 Å². The highest BCUT2D eigenvalue weighted by Crippen LogP contribution is 2.39. The second-order valence-corrected chi connectivity index (χ2v) is 6.70. The average Bonchev–Trinajstić information content (AvgIpc) is 2.14. The van der Waals surface area contributed by atoms with Crippen molar-refractivity contribution < 1.29 is 5.11 Å². The molecule has 1 aromatic rings. The smallest absolute Gasteiger partial charge is 0.123 e. The monoisotopic (exact) mass is 233 g/mol. The van der Waals surface area contributed by atoms with E-state index in [1.165, 1.54) is 0 Å². The van der Waals surface area contributed by atoms with Crippen molar-refractivity contribution in [1.82, 2.24) is 5.73 Å². The van der Waals surface area contributed by atoms with Crippen molar-refractivity contribution >= 4 is 0 Å². The lowest BCUT2D eigenvalue weighted by molar-refractivity contribution is 0.422. The molecule has 1 rings (SSSR count). The molecule has 0 aromatic heterocycles. The molecule has 0 amide bonds. The van der Waals surface area contributed by atoms with Crippen LogP contribution in [-0.4, -0.2) is 5.11 Å². The van der Waals surface area contributed by atoms with Gasteiger partial charge in [0.1, 0.15) is 5.75 Å². The van der Waals surface area contributed by atoms with Crippen molar-refractivity contribution in [2.75, 3.05) is 0 Å². The van der Waals surface area contributed by atoms with Crippen LogP contribution in [0, 0.1) is 0 Å². The van der Waals surface area contributed by atoms with Gasteiger partial charge in [-0.25, -0.2) is 0 Å². The van der Waals surface area contributed by atoms with Crippen LogP contribution in [-0.2, 0) is 17.4 Å². The van der Waals surface area contributed by atoms with Crippen LogP contribution in [0.3, 0.4) is 0 Å². The Morgan fingerprint density at radius 2 is 1.29 bits per heavy atom. The van der Waals surface area contributed by atoms with Crippen LogP contribution < -0.4 is 5.73 Å². The molecule has 0 saturated carbocycles. The zero-order valence-corrected chi connectivity index (χ0v) is 11.8. The molecule has 0 fully saturated rings. The topological polar surface area (TPSA) is 42.5 Å². The molecule has 94 valence electrons. The van der Waals surface area contributed by atoms with E-state index in [1.54, 1.807) is 0 Å². The molecule has 0 bridgehead atoms. The summed E-state index contributed by atoms with van der Waals surface area (Å²) in [6.07, 6.45) is 0. The van der Waals surface area contributed by atoms with E-state index in [9.17, 15) is 10.8 Å². The van der Waals surface area contributed by atoms with Gasteiger partial charge in [-0.15, -0.1) is 5.73 Å². The molecule has 0 unspecified atom stereocenters. The van der Waals surface area contributed by atoms with Crippen molar-refractivity contribution in [3.8, 4) is 5.75 Å². The predicted molar refractivity (Wildman–Crippen MR) is 71.3 cm³/mol. The van der Waals surface area contributed by atoms with Crippen molar-refractivity contribution in [2.45, 2.75) is 58.9 Å². The summed E-state index contributed by atoms with van der Waals surface area (Å²) in [6.45, 7) is 12.4. The number of nitrogens with zero attached hydrogens (tertiary/aromatic N) is 1. The molecule has 0 aliphatic rings. The second-order valence-electron chi connectivity index (χ2n) is 6.70. The zero-order valence-electron chi connectivity index (χ0n) is 11.8. The number of hydrogen-bond donors (Lipinski definition) is 1. The first kappa shape index (κ1) is 14.0. The average molecular weight is 233 g/mol. The number of benzene rings is 1. The van der Waals surface area contributed by atoms with Crippen LogP contribution in [0.1, 0.15) is 58.2 Å². The van der Waals surface area contributed by atoms with Crippen molar-refractivity contribution in [1.29, 1.82) is 0 Å². The van der Waals surface area contributed by atoms with Gasteiger partial charge in [-0.3, -0.25) is 0 Å². The maximum atomic E-state index is 10.4. The Morgan fingerprint density at radius 1 is 0.941 bits per heavy atom. The van der Waals surface area contributed by atoms with Gasteiger partial charge in [0.15, 0.2) is 0 Å². The van der Waals surface area contributed by atoms with Crippen LogP contribution >= 0.6 is 0 Å². The molecule has 2 nitrogen and oxygen atoms in total. The lowest BCUT2D eigenvalue weighted by Gasteiger charge is -2.28. The van der Waals surface area contributed by atoms with E-state index in [4.69, 9.17) is 0 Å². The summed E-state index contributed by atoms with van der Waals surface area (Å²) >= 11 is 0. The molecule has 1 aromatic carbocycles. The van der Waals surface area contributed by atoms with Gasteiger partial charge in [-0.2, -0.15) is 0 Å². The molecule has 0 heterocycles. The summed E-state index contributed by atoms with van der Waals surface area (Å²) < 4.78 is 0. The van der Waals surface area contributed by atoms with Gasteiger partial charge in [0.05, 0.1) is 6.54 Å². The Bertz CT molecular complexity index is 373. The Hall–Kier alpha value is -1.02. The Balaban J connectivity index is 3.53.